The lowest BCUT2D eigenvalue weighted by atomic mass is 10.0. The highest BCUT2D eigenvalue weighted by Crippen LogP contribution is 2.12. The van der Waals surface area contributed by atoms with Crippen molar-refractivity contribution in [2.75, 3.05) is 0 Å². The molecule has 2 heteroatoms. The van der Waals surface area contributed by atoms with Crippen molar-refractivity contribution in [1.29, 1.82) is 0 Å². The van der Waals surface area contributed by atoms with Crippen LogP contribution in [0.25, 0.3) is 0 Å². The van der Waals surface area contributed by atoms with Gasteiger partial charge in [0.25, 0.3) is 0 Å². The lowest BCUT2D eigenvalue weighted by molar-refractivity contribution is 0.0101. The molecule has 10 heavy (non-hydrogen) atoms. The molecule has 0 aliphatic heterocycles. The van der Waals surface area contributed by atoms with Gasteiger partial charge in [-0.2, -0.15) is 0 Å². The molecular weight excluding hydrogens is 128 g/mol. The van der Waals surface area contributed by atoms with Crippen molar-refractivity contribution >= 4 is 0 Å². The van der Waals surface area contributed by atoms with Crippen LogP contribution in [0.2, 0.25) is 0 Å². The molecule has 2 atom stereocenters. The van der Waals surface area contributed by atoms with Crippen LogP contribution in [-0.2, 0) is 0 Å². The molecule has 0 amide bonds. The van der Waals surface area contributed by atoms with Crippen LogP contribution < -0.4 is 0 Å². The number of allylic oxidation sites excluding steroid dienone is 2. The van der Waals surface area contributed by atoms with Crippen LogP contribution in [0, 0.1) is 0 Å². The standard InChI is InChI=1S/C8H14O2/c9-7-5-3-1-2-4-6-8(7)10/h1-2,7-10H,3-6H2/b2-1+/t7-,8+. The Morgan fingerprint density at radius 1 is 0.900 bits per heavy atom. The minimum Gasteiger partial charge on any atom is -0.390 e. The van der Waals surface area contributed by atoms with Gasteiger partial charge in [0.05, 0.1) is 12.2 Å². The molecule has 0 spiro atoms. The molecule has 1 aliphatic rings. The van der Waals surface area contributed by atoms with Crippen molar-refractivity contribution in [1.82, 2.24) is 0 Å². The van der Waals surface area contributed by atoms with Crippen molar-refractivity contribution in [2.45, 2.75) is 37.9 Å². The van der Waals surface area contributed by atoms with Crippen molar-refractivity contribution in [3.8, 4) is 0 Å². The molecule has 0 heterocycles. The van der Waals surface area contributed by atoms with Crippen molar-refractivity contribution in [2.24, 2.45) is 0 Å². The number of rotatable bonds is 0. The topological polar surface area (TPSA) is 40.5 Å². The molecule has 2 nitrogen and oxygen atoms in total. The largest absolute Gasteiger partial charge is 0.390 e. The van der Waals surface area contributed by atoms with Crippen LogP contribution in [0.4, 0.5) is 0 Å². The van der Waals surface area contributed by atoms with E-state index in [0.717, 1.165) is 12.8 Å². The average molecular weight is 142 g/mol. The van der Waals surface area contributed by atoms with E-state index in [-0.39, 0.29) is 0 Å². The minimum atomic E-state index is -0.509. The smallest absolute Gasteiger partial charge is 0.0802 e. The van der Waals surface area contributed by atoms with Gasteiger partial charge >= 0.3 is 0 Å². The first-order chi connectivity index (χ1) is 4.80. The summed E-state index contributed by atoms with van der Waals surface area (Å²) in [6.07, 6.45) is 6.27. The third kappa shape index (κ3) is 2.12. The second-order valence-electron chi connectivity index (χ2n) is 2.76. The molecule has 0 saturated carbocycles. The molecule has 0 fully saturated rings. The number of aliphatic hydroxyl groups is 2. The fourth-order valence-electron chi connectivity index (χ4n) is 1.15. The summed E-state index contributed by atoms with van der Waals surface area (Å²) in [4.78, 5) is 0. The van der Waals surface area contributed by atoms with E-state index < -0.39 is 12.2 Å². The SMILES string of the molecule is O[C@@H]1CC/C=C/CC[C@@H]1O. The van der Waals surface area contributed by atoms with E-state index in [1.165, 1.54) is 0 Å². The Balaban J connectivity index is 2.40. The summed E-state index contributed by atoms with van der Waals surface area (Å²) in [5, 5.41) is 18.4. The lowest BCUT2D eigenvalue weighted by Crippen LogP contribution is -2.25. The molecule has 0 aromatic heterocycles. The Morgan fingerprint density at radius 3 is 1.70 bits per heavy atom. The molecule has 1 rings (SSSR count). The Morgan fingerprint density at radius 2 is 1.30 bits per heavy atom. The average Bonchev–Trinajstić information content (AvgIpc) is 1.92. The summed E-state index contributed by atoms with van der Waals surface area (Å²) in [6.45, 7) is 0. The van der Waals surface area contributed by atoms with E-state index in [2.05, 4.69) is 12.2 Å². The van der Waals surface area contributed by atoms with Crippen LogP contribution in [0.3, 0.4) is 0 Å². The van der Waals surface area contributed by atoms with Gasteiger partial charge in [-0.3, -0.25) is 0 Å². The van der Waals surface area contributed by atoms with Crippen LogP contribution >= 0.6 is 0 Å². The first-order valence-electron chi connectivity index (χ1n) is 3.82. The maximum atomic E-state index is 9.20. The van der Waals surface area contributed by atoms with Crippen LogP contribution in [0.1, 0.15) is 25.7 Å². The van der Waals surface area contributed by atoms with Gasteiger partial charge in [-0.1, -0.05) is 12.2 Å². The third-order valence-electron chi connectivity index (χ3n) is 1.87. The van der Waals surface area contributed by atoms with E-state index in [1.807, 2.05) is 0 Å². The molecule has 2 N–H and O–H groups in total. The molecule has 0 saturated heterocycles. The highest BCUT2D eigenvalue weighted by atomic mass is 16.3. The van der Waals surface area contributed by atoms with Crippen molar-refractivity contribution in [3.05, 3.63) is 12.2 Å². The molecule has 0 aromatic carbocycles. The van der Waals surface area contributed by atoms with Crippen LogP contribution in [-0.4, -0.2) is 22.4 Å². The summed E-state index contributed by atoms with van der Waals surface area (Å²) in [5.41, 5.74) is 0. The zero-order valence-electron chi connectivity index (χ0n) is 6.03. The fourth-order valence-corrected chi connectivity index (χ4v) is 1.15. The predicted molar refractivity (Wildman–Crippen MR) is 39.6 cm³/mol. The zero-order valence-corrected chi connectivity index (χ0v) is 6.03. The maximum absolute atomic E-state index is 9.20. The van der Waals surface area contributed by atoms with Crippen LogP contribution in [0.15, 0.2) is 12.2 Å². The molecule has 0 radical (unpaired) electrons. The summed E-state index contributed by atoms with van der Waals surface area (Å²) in [7, 11) is 0. The van der Waals surface area contributed by atoms with Gasteiger partial charge < -0.3 is 10.2 Å². The second kappa shape index (κ2) is 3.74. The van der Waals surface area contributed by atoms with Gasteiger partial charge in [-0.15, -0.1) is 0 Å². The first kappa shape index (κ1) is 7.76. The van der Waals surface area contributed by atoms with E-state index in [4.69, 9.17) is 0 Å². The van der Waals surface area contributed by atoms with Gasteiger partial charge in [-0.05, 0) is 25.7 Å². The first-order valence-corrected chi connectivity index (χ1v) is 3.82. The van der Waals surface area contributed by atoms with Crippen molar-refractivity contribution < 1.29 is 10.2 Å². The highest BCUT2D eigenvalue weighted by Gasteiger charge is 2.15. The van der Waals surface area contributed by atoms with Crippen molar-refractivity contribution in [3.63, 3.8) is 0 Å². The Kier molecular flexibility index (Phi) is 2.90. The third-order valence-corrected chi connectivity index (χ3v) is 1.87. The highest BCUT2D eigenvalue weighted by molar-refractivity contribution is 4.87. The molecule has 0 aromatic rings. The monoisotopic (exact) mass is 142 g/mol. The van der Waals surface area contributed by atoms with E-state index in [9.17, 15) is 10.2 Å². The van der Waals surface area contributed by atoms with Gasteiger partial charge in [0.2, 0.25) is 0 Å². The second-order valence-corrected chi connectivity index (χ2v) is 2.76. The zero-order chi connectivity index (χ0) is 7.40. The summed E-state index contributed by atoms with van der Waals surface area (Å²) < 4.78 is 0. The van der Waals surface area contributed by atoms with Gasteiger partial charge in [0, 0.05) is 0 Å². The number of aliphatic hydroxyl groups excluding tert-OH is 2. The Labute approximate surface area is 61.2 Å². The van der Waals surface area contributed by atoms with Gasteiger partial charge in [0.15, 0.2) is 0 Å². The molecular formula is C8H14O2. The van der Waals surface area contributed by atoms with Gasteiger partial charge in [-0.25, -0.2) is 0 Å². The summed E-state index contributed by atoms with van der Waals surface area (Å²) in [5.74, 6) is 0. The molecule has 58 valence electrons. The van der Waals surface area contributed by atoms with Gasteiger partial charge in [0.1, 0.15) is 0 Å². The lowest BCUT2D eigenvalue weighted by Gasteiger charge is -2.17. The van der Waals surface area contributed by atoms with E-state index in [0.29, 0.717) is 12.8 Å². The maximum Gasteiger partial charge on any atom is 0.0802 e. The Bertz CT molecular complexity index is 106. The number of hydrogen-bond donors (Lipinski definition) is 2. The molecule has 0 bridgehead atoms. The summed E-state index contributed by atoms with van der Waals surface area (Å²) >= 11 is 0. The minimum absolute atomic E-state index is 0.509. The fraction of sp³-hybridized carbons (Fsp3) is 0.750. The molecule has 1 aliphatic carbocycles. The number of hydrogen-bond acceptors (Lipinski definition) is 2. The predicted octanol–water partition coefficient (Wildman–Crippen LogP) is 0.838. The normalized spacial score (nSPS) is 38.2. The Hall–Kier alpha value is -0.340. The quantitative estimate of drug-likeness (QED) is 0.492. The van der Waals surface area contributed by atoms with E-state index in [1.54, 1.807) is 0 Å². The summed E-state index contributed by atoms with van der Waals surface area (Å²) in [6, 6.07) is 0. The van der Waals surface area contributed by atoms with E-state index >= 15 is 0 Å². The molecule has 0 unspecified atom stereocenters. The van der Waals surface area contributed by atoms with Crippen LogP contribution in [0.5, 0.6) is 0 Å².